The van der Waals surface area contributed by atoms with Crippen molar-refractivity contribution in [3.8, 4) is 0 Å². The number of amides is 1. The first-order chi connectivity index (χ1) is 12.2. The molecule has 1 saturated carbocycles. The molecule has 5 nitrogen and oxygen atoms in total. The Bertz CT molecular complexity index is 570. The molecule has 0 radical (unpaired) electrons. The summed E-state index contributed by atoms with van der Waals surface area (Å²) in [7, 11) is 0. The van der Waals surface area contributed by atoms with Gasteiger partial charge in [-0.1, -0.05) is 31.4 Å². The highest BCUT2D eigenvalue weighted by Gasteiger charge is 2.20. The van der Waals surface area contributed by atoms with Gasteiger partial charge in [-0.05, 0) is 37.5 Å². The van der Waals surface area contributed by atoms with E-state index in [1.807, 2.05) is 13.0 Å². The summed E-state index contributed by atoms with van der Waals surface area (Å²) in [4.78, 5) is 16.5. The fourth-order valence-corrected chi connectivity index (χ4v) is 3.02. The lowest BCUT2D eigenvalue weighted by Gasteiger charge is -2.21. The van der Waals surface area contributed by atoms with Gasteiger partial charge >= 0.3 is 0 Å². The lowest BCUT2D eigenvalue weighted by atomic mass is 9.89. The van der Waals surface area contributed by atoms with Gasteiger partial charge in [-0.15, -0.1) is 0 Å². The summed E-state index contributed by atoms with van der Waals surface area (Å²) in [6.45, 7) is 4.31. The molecule has 0 saturated heterocycles. The number of nitrogens with zero attached hydrogens (tertiary/aromatic N) is 1. The molecule has 1 aromatic rings. The molecular formula is C19H29FN4O. The van der Waals surface area contributed by atoms with Crippen LogP contribution in [0.3, 0.4) is 0 Å². The summed E-state index contributed by atoms with van der Waals surface area (Å²) < 4.78 is 13.2. The summed E-state index contributed by atoms with van der Waals surface area (Å²) in [5.74, 6) is 0.765. The fourth-order valence-electron chi connectivity index (χ4n) is 3.02. The third-order valence-corrected chi connectivity index (χ3v) is 4.35. The van der Waals surface area contributed by atoms with Crippen molar-refractivity contribution in [3.05, 3.63) is 35.6 Å². The molecule has 0 aromatic heterocycles. The average molecular weight is 348 g/mol. The first-order valence-corrected chi connectivity index (χ1v) is 9.23. The number of hydrogen-bond donors (Lipinski definition) is 3. The second-order valence-electron chi connectivity index (χ2n) is 6.38. The van der Waals surface area contributed by atoms with Gasteiger partial charge in [0.1, 0.15) is 5.82 Å². The van der Waals surface area contributed by atoms with E-state index in [1.54, 1.807) is 6.07 Å². The molecule has 25 heavy (non-hydrogen) atoms. The topological polar surface area (TPSA) is 65.5 Å². The molecule has 2 rings (SSSR count). The number of benzene rings is 1. The summed E-state index contributed by atoms with van der Waals surface area (Å²) in [6.07, 6.45) is 5.59. The number of carbonyl (C=O) groups is 1. The molecule has 0 bridgehead atoms. The Morgan fingerprint density at radius 1 is 1.16 bits per heavy atom. The number of carbonyl (C=O) groups excluding carboxylic acids is 1. The highest BCUT2D eigenvalue weighted by atomic mass is 19.1. The maximum Gasteiger partial charge on any atom is 0.223 e. The van der Waals surface area contributed by atoms with Crippen molar-refractivity contribution < 1.29 is 9.18 Å². The van der Waals surface area contributed by atoms with E-state index in [2.05, 4.69) is 20.9 Å². The highest BCUT2D eigenvalue weighted by molar-refractivity contribution is 5.80. The van der Waals surface area contributed by atoms with Gasteiger partial charge in [0.25, 0.3) is 0 Å². The highest BCUT2D eigenvalue weighted by Crippen LogP contribution is 2.23. The van der Waals surface area contributed by atoms with Gasteiger partial charge in [0, 0.05) is 25.6 Å². The molecule has 0 unspecified atom stereocenters. The molecule has 6 heteroatoms. The van der Waals surface area contributed by atoms with E-state index in [0.29, 0.717) is 25.6 Å². The largest absolute Gasteiger partial charge is 0.357 e. The number of rotatable bonds is 7. The minimum Gasteiger partial charge on any atom is -0.357 e. The quantitative estimate of drug-likeness (QED) is 0.403. The minimum atomic E-state index is -0.254. The van der Waals surface area contributed by atoms with Crippen molar-refractivity contribution >= 4 is 11.9 Å². The van der Waals surface area contributed by atoms with Crippen molar-refractivity contribution in [1.82, 2.24) is 16.0 Å². The normalized spacial score (nSPS) is 15.7. The van der Waals surface area contributed by atoms with E-state index in [9.17, 15) is 9.18 Å². The van der Waals surface area contributed by atoms with E-state index >= 15 is 0 Å². The monoisotopic (exact) mass is 348 g/mol. The van der Waals surface area contributed by atoms with Crippen LogP contribution in [0.5, 0.6) is 0 Å². The Morgan fingerprint density at radius 2 is 1.92 bits per heavy atom. The van der Waals surface area contributed by atoms with E-state index in [1.165, 1.54) is 18.6 Å². The molecule has 0 spiro atoms. The van der Waals surface area contributed by atoms with Crippen LogP contribution in [0.4, 0.5) is 4.39 Å². The maximum absolute atomic E-state index is 13.2. The van der Waals surface area contributed by atoms with Crippen LogP contribution < -0.4 is 16.0 Å². The first-order valence-electron chi connectivity index (χ1n) is 9.23. The number of guanidine groups is 1. The molecule has 1 aliphatic rings. The second-order valence-corrected chi connectivity index (χ2v) is 6.38. The molecule has 0 aliphatic heterocycles. The molecular weight excluding hydrogens is 319 g/mol. The zero-order valence-electron chi connectivity index (χ0n) is 15.0. The first kappa shape index (κ1) is 19.2. The van der Waals surface area contributed by atoms with Gasteiger partial charge in [0.15, 0.2) is 5.96 Å². The van der Waals surface area contributed by atoms with Crippen molar-refractivity contribution in [1.29, 1.82) is 0 Å². The Morgan fingerprint density at radius 3 is 2.64 bits per heavy atom. The fraction of sp³-hybridized carbons (Fsp3) is 0.579. The summed E-state index contributed by atoms with van der Waals surface area (Å²) >= 11 is 0. The van der Waals surface area contributed by atoms with Gasteiger partial charge in [-0.3, -0.25) is 4.79 Å². The van der Waals surface area contributed by atoms with Crippen LogP contribution in [0.2, 0.25) is 0 Å². The van der Waals surface area contributed by atoms with Crippen molar-refractivity contribution in [2.45, 2.75) is 45.6 Å². The van der Waals surface area contributed by atoms with Crippen molar-refractivity contribution in [2.24, 2.45) is 10.9 Å². The summed E-state index contributed by atoms with van der Waals surface area (Å²) in [6, 6.07) is 6.44. The lowest BCUT2D eigenvalue weighted by molar-refractivity contribution is -0.125. The van der Waals surface area contributed by atoms with E-state index in [0.717, 1.165) is 37.8 Å². The molecule has 0 atom stereocenters. The molecule has 3 N–H and O–H groups in total. The summed E-state index contributed by atoms with van der Waals surface area (Å²) in [5, 5.41) is 9.34. The van der Waals surface area contributed by atoms with Gasteiger partial charge in [-0.25, -0.2) is 9.38 Å². The van der Waals surface area contributed by atoms with Gasteiger partial charge < -0.3 is 16.0 Å². The van der Waals surface area contributed by atoms with Crippen LogP contribution in [0, 0.1) is 11.7 Å². The Labute approximate surface area is 149 Å². The maximum atomic E-state index is 13.2. The average Bonchev–Trinajstić information content (AvgIpc) is 2.63. The van der Waals surface area contributed by atoms with Crippen LogP contribution >= 0.6 is 0 Å². The predicted octanol–water partition coefficient (Wildman–Crippen LogP) is 2.58. The van der Waals surface area contributed by atoms with Crippen LogP contribution in [0.1, 0.15) is 44.6 Å². The lowest BCUT2D eigenvalue weighted by Crippen LogP contribution is -2.42. The number of hydrogen-bond acceptors (Lipinski definition) is 2. The zero-order valence-corrected chi connectivity index (χ0v) is 15.0. The van der Waals surface area contributed by atoms with Crippen molar-refractivity contribution in [3.63, 3.8) is 0 Å². The Hall–Kier alpha value is -2.11. The van der Waals surface area contributed by atoms with Crippen LogP contribution in [0.25, 0.3) is 0 Å². The van der Waals surface area contributed by atoms with E-state index < -0.39 is 0 Å². The third-order valence-electron chi connectivity index (χ3n) is 4.35. The standard InChI is InChI=1S/C19H29FN4O/c1-2-21-19(24-14-15-7-6-10-17(20)13-15)23-12-11-22-18(25)16-8-4-3-5-9-16/h6-7,10,13,16H,2-5,8-9,11-12,14H2,1H3,(H,22,25)(H2,21,23,24). The number of nitrogens with one attached hydrogen (secondary N) is 3. The molecule has 0 heterocycles. The van der Waals surface area contributed by atoms with Crippen molar-refractivity contribution in [2.75, 3.05) is 19.6 Å². The second kappa shape index (κ2) is 10.7. The van der Waals surface area contributed by atoms with Crippen LogP contribution in [0.15, 0.2) is 29.3 Å². The number of halogens is 1. The van der Waals surface area contributed by atoms with E-state index in [4.69, 9.17) is 0 Å². The van der Waals surface area contributed by atoms with Crippen LogP contribution in [-0.2, 0) is 11.3 Å². The Balaban J connectivity index is 1.73. The molecule has 1 fully saturated rings. The summed E-state index contributed by atoms with van der Waals surface area (Å²) in [5.41, 5.74) is 0.822. The van der Waals surface area contributed by atoms with Gasteiger partial charge in [0.2, 0.25) is 5.91 Å². The SMILES string of the molecule is CCNC(=NCc1cccc(F)c1)NCCNC(=O)C1CCCCC1. The third kappa shape index (κ3) is 7.11. The molecule has 1 amide bonds. The zero-order chi connectivity index (χ0) is 17.9. The smallest absolute Gasteiger partial charge is 0.223 e. The van der Waals surface area contributed by atoms with E-state index in [-0.39, 0.29) is 17.6 Å². The van der Waals surface area contributed by atoms with Crippen LogP contribution in [-0.4, -0.2) is 31.5 Å². The number of aliphatic imine (C=N–C) groups is 1. The van der Waals surface area contributed by atoms with Gasteiger partial charge in [-0.2, -0.15) is 0 Å². The Kier molecular flexibility index (Phi) is 8.22. The predicted molar refractivity (Wildman–Crippen MR) is 98.8 cm³/mol. The molecule has 138 valence electrons. The molecule has 1 aliphatic carbocycles. The minimum absolute atomic E-state index is 0.170. The van der Waals surface area contributed by atoms with Gasteiger partial charge in [0.05, 0.1) is 6.54 Å². The molecule has 1 aromatic carbocycles.